The summed E-state index contributed by atoms with van der Waals surface area (Å²) in [6.45, 7) is 2.15. The molecular weight excluding hydrogens is 287 g/mol. The summed E-state index contributed by atoms with van der Waals surface area (Å²) in [5.74, 6) is -1.79. The van der Waals surface area contributed by atoms with Crippen molar-refractivity contribution in [2.24, 2.45) is 5.92 Å². The molecule has 1 fully saturated rings. The highest BCUT2D eigenvalue weighted by Gasteiger charge is 2.39. The SMILES string of the molecule is CC1CCN(C(=O)Nc2ccc(Cl)c(F)c2)C1C(=O)O. The maximum Gasteiger partial charge on any atom is 0.326 e. The number of carboxylic acid groups (broad SMARTS) is 1. The van der Waals surface area contributed by atoms with Crippen molar-refractivity contribution in [1.29, 1.82) is 0 Å². The van der Waals surface area contributed by atoms with Crippen molar-refractivity contribution >= 4 is 29.3 Å². The van der Waals surface area contributed by atoms with Crippen molar-refractivity contribution in [2.45, 2.75) is 19.4 Å². The van der Waals surface area contributed by atoms with Gasteiger partial charge < -0.3 is 15.3 Å². The standard InChI is InChI=1S/C13H14ClFN2O3/c1-7-4-5-17(11(7)12(18)19)13(20)16-8-2-3-9(14)10(15)6-8/h2-3,6-7,11H,4-5H2,1H3,(H,16,20)(H,18,19). The molecule has 2 rings (SSSR count). The lowest BCUT2D eigenvalue weighted by Gasteiger charge is -2.23. The van der Waals surface area contributed by atoms with Crippen molar-refractivity contribution in [3.63, 3.8) is 0 Å². The fourth-order valence-electron chi connectivity index (χ4n) is 2.32. The highest BCUT2D eigenvalue weighted by Crippen LogP contribution is 2.25. The fraction of sp³-hybridized carbons (Fsp3) is 0.385. The van der Waals surface area contributed by atoms with Crippen molar-refractivity contribution in [2.75, 3.05) is 11.9 Å². The largest absolute Gasteiger partial charge is 0.480 e. The first-order valence-electron chi connectivity index (χ1n) is 6.15. The molecule has 1 heterocycles. The second-order valence-corrected chi connectivity index (χ2v) is 5.21. The number of carbonyl (C=O) groups is 2. The molecule has 0 aliphatic carbocycles. The molecule has 2 amide bonds. The van der Waals surface area contributed by atoms with Gasteiger partial charge in [-0.1, -0.05) is 18.5 Å². The Morgan fingerprint density at radius 1 is 1.50 bits per heavy atom. The fourth-order valence-corrected chi connectivity index (χ4v) is 2.44. The Hall–Kier alpha value is -1.82. The van der Waals surface area contributed by atoms with Crippen LogP contribution in [0, 0.1) is 11.7 Å². The molecule has 7 heteroatoms. The molecule has 1 aromatic carbocycles. The monoisotopic (exact) mass is 300 g/mol. The molecule has 2 atom stereocenters. The lowest BCUT2D eigenvalue weighted by atomic mass is 10.0. The maximum atomic E-state index is 13.3. The van der Waals surface area contributed by atoms with E-state index >= 15 is 0 Å². The summed E-state index contributed by atoms with van der Waals surface area (Å²) in [7, 11) is 0. The molecule has 2 unspecified atom stereocenters. The predicted molar refractivity (Wildman–Crippen MR) is 72.3 cm³/mol. The molecule has 20 heavy (non-hydrogen) atoms. The van der Waals surface area contributed by atoms with E-state index < -0.39 is 23.9 Å². The molecule has 1 aliphatic rings. The van der Waals surface area contributed by atoms with Crippen LogP contribution in [0.1, 0.15) is 13.3 Å². The van der Waals surface area contributed by atoms with E-state index in [4.69, 9.17) is 16.7 Å². The molecule has 0 spiro atoms. The van der Waals surface area contributed by atoms with Gasteiger partial charge in [0, 0.05) is 12.2 Å². The minimum absolute atomic E-state index is 0.0405. The highest BCUT2D eigenvalue weighted by atomic mass is 35.5. The van der Waals surface area contributed by atoms with Crippen LogP contribution in [0.5, 0.6) is 0 Å². The number of urea groups is 1. The number of aliphatic carboxylic acids is 1. The summed E-state index contributed by atoms with van der Waals surface area (Å²) in [6.07, 6.45) is 0.624. The summed E-state index contributed by atoms with van der Waals surface area (Å²) in [5.41, 5.74) is 0.237. The number of likely N-dealkylation sites (tertiary alicyclic amines) is 1. The Morgan fingerprint density at radius 2 is 2.20 bits per heavy atom. The zero-order valence-corrected chi connectivity index (χ0v) is 11.5. The normalized spacial score (nSPS) is 21.9. The molecule has 0 bridgehead atoms. The van der Waals surface area contributed by atoms with Crippen LogP contribution in [0.4, 0.5) is 14.9 Å². The maximum absolute atomic E-state index is 13.3. The van der Waals surface area contributed by atoms with Crippen LogP contribution in [0.25, 0.3) is 0 Å². The van der Waals surface area contributed by atoms with Gasteiger partial charge in [0.2, 0.25) is 0 Å². The molecule has 0 radical (unpaired) electrons. The molecule has 1 saturated heterocycles. The van der Waals surface area contributed by atoms with Crippen molar-refractivity contribution in [1.82, 2.24) is 4.90 Å². The number of hydrogen-bond donors (Lipinski definition) is 2. The van der Waals surface area contributed by atoms with Crippen molar-refractivity contribution in [3.05, 3.63) is 29.0 Å². The van der Waals surface area contributed by atoms with Crippen molar-refractivity contribution in [3.8, 4) is 0 Å². The summed E-state index contributed by atoms with van der Waals surface area (Å²) in [5, 5.41) is 11.6. The second kappa shape index (κ2) is 5.66. The van der Waals surface area contributed by atoms with E-state index in [1.807, 2.05) is 0 Å². The number of carboxylic acids is 1. The van der Waals surface area contributed by atoms with Gasteiger partial charge in [-0.25, -0.2) is 14.0 Å². The molecular formula is C13H14ClFN2O3. The molecule has 108 valence electrons. The van der Waals surface area contributed by atoms with Crippen LogP contribution in [0.15, 0.2) is 18.2 Å². The van der Waals surface area contributed by atoms with E-state index in [2.05, 4.69) is 5.32 Å². The summed E-state index contributed by atoms with van der Waals surface area (Å²) in [6, 6.07) is 2.47. The van der Waals surface area contributed by atoms with E-state index in [9.17, 15) is 14.0 Å². The van der Waals surface area contributed by atoms with Crippen LogP contribution >= 0.6 is 11.6 Å². The third-order valence-corrected chi connectivity index (χ3v) is 3.69. The molecule has 2 N–H and O–H groups in total. The van der Waals surface area contributed by atoms with Gasteiger partial charge in [-0.05, 0) is 30.5 Å². The summed E-state index contributed by atoms with van der Waals surface area (Å²) >= 11 is 5.55. The van der Waals surface area contributed by atoms with E-state index in [1.165, 1.54) is 17.0 Å². The van der Waals surface area contributed by atoms with E-state index in [0.717, 1.165) is 6.07 Å². The Bertz CT molecular complexity index is 552. The van der Waals surface area contributed by atoms with Crippen LogP contribution in [0.2, 0.25) is 5.02 Å². The minimum atomic E-state index is -1.03. The lowest BCUT2D eigenvalue weighted by Crippen LogP contribution is -2.44. The van der Waals surface area contributed by atoms with Crippen LogP contribution in [0.3, 0.4) is 0 Å². The van der Waals surface area contributed by atoms with Gasteiger partial charge in [0.1, 0.15) is 11.9 Å². The van der Waals surface area contributed by atoms with Gasteiger partial charge >= 0.3 is 12.0 Å². The Morgan fingerprint density at radius 3 is 2.80 bits per heavy atom. The first kappa shape index (κ1) is 14.6. The molecule has 0 saturated carbocycles. The first-order chi connectivity index (χ1) is 9.40. The number of carbonyl (C=O) groups excluding carboxylic acids is 1. The smallest absolute Gasteiger partial charge is 0.326 e. The molecule has 5 nitrogen and oxygen atoms in total. The number of benzene rings is 1. The topological polar surface area (TPSA) is 69.6 Å². The number of anilines is 1. The lowest BCUT2D eigenvalue weighted by molar-refractivity contribution is -0.142. The quantitative estimate of drug-likeness (QED) is 0.882. The Kier molecular flexibility index (Phi) is 4.13. The average molecular weight is 301 g/mol. The van der Waals surface area contributed by atoms with Gasteiger partial charge in [-0.3, -0.25) is 0 Å². The third kappa shape index (κ3) is 2.85. The van der Waals surface area contributed by atoms with Gasteiger partial charge in [0.05, 0.1) is 5.02 Å². The first-order valence-corrected chi connectivity index (χ1v) is 6.53. The van der Waals surface area contributed by atoms with Gasteiger partial charge in [-0.15, -0.1) is 0 Å². The predicted octanol–water partition coefficient (Wildman–Crippen LogP) is 2.81. The van der Waals surface area contributed by atoms with E-state index in [1.54, 1.807) is 6.92 Å². The molecule has 1 aliphatic heterocycles. The van der Waals surface area contributed by atoms with Crippen LogP contribution in [-0.2, 0) is 4.79 Å². The number of nitrogens with zero attached hydrogens (tertiary/aromatic N) is 1. The van der Waals surface area contributed by atoms with Crippen LogP contribution in [-0.4, -0.2) is 34.6 Å². The number of halogens is 2. The number of amides is 2. The Balaban J connectivity index is 2.11. The zero-order chi connectivity index (χ0) is 14.9. The number of hydrogen-bond acceptors (Lipinski definition) is 2. The van der Waals surface area contributed by atoms with Gasteiger partial charge in [-0.2, -0.15) is 0 Å². The zero-order valence-electron chi connectivity index (χ0n) is 10.8. The van der Waals surface area contributed by atoms with Gasteiger partial charge in [0.15, 0.2) is 0 Å². The number of rotatable bonds is 2. The Labute approximate surface area is 120 Å². The van der Waals surface area contributed by atoms with Crippen molar-refractivity contribution < 1.29 is 19.1 Å². The third-order valence-electron chi connectivity index (χ3n) is 3.38. The summed E-state index contributed by atoms with van der Waals surface area (Å²) in [4.78, 5) is 24.5. The summed E-state index contributed by atoms with van der Waals surface area (Å²) < 4.78 is 13.3. The second-order valence-electron chi connectivity index (χ2n) is 4.80. The van der Waals surface area contributed by atoms with E-state index in [0.29, 0.717) is 13.0 Å². The molecule has 0 aromatic heterocycles. The van der Waals surface area contributed by atoms with Crippen LogP contribution < -0.4 is 5.32 Å². The number of nitrogens with one attached hydrogen (secondary N) is 1. The molecule has 1 aromatic rings. The highest BCUT2D eigenvalue weighted by molar-refractivity contribution is 6.30. The van der Waals surface area contributed by atoms with Gasteiger partial charge in [0.25, 0.3) is 0 Å². The minimum Gasteiger partial charge on any atom is -0.480 e. The van der Waals surface area contributed by atoms with E-state index in [-0.39, 0.29) is 16.6 Å². The average Bonchev–Trinajstić information content (AvgIpc) is 2.76.